The molecule has 1 aliphatic rings. The van der Waals surface area contributed by atoms with Crippen LogP contribution in [0.3, 0.4) is 0 Å². The number of fused-ring (bicyclic) bond motifs is 3. The average Bonchev–Trinajstić information content (AvgIpc) is 3.17. The van der Waals surface area contributed by atoms with Gasteiger partial charge >= 0.3 is 0 Å². The van der Waals surface area contributed by atoms with Gasteiger partial charge in [-0.3, -0.25) is 0 Å². The third-order valence-electron chi connectivity index (χ3n) is 5.87. The van der Waals surface area contributed by atoms with Gasteiger partial charge in [-0.25, -0.2) is 9.97 Å². The van der Waals surface area contributed by atoms with E-state index in [1.165, 1.54) is 0 Å². The number of rotatable bonds is 4. The lowest BCUT2D eigenvalue weighted by Gasteiger charge is -2.29. The molecule has 0 radical (unpaired) electrons. The summed E-state index contributed by atoms with van der Waals surface area (Å²) in [5.74, 6) is 1.55. The van der Waals surface area contributed by atoms with Gasteiger partial charge in [-0.15, -0.1) is 0 Å². The van der Waals surface area contributed by atoms with Crippen molar-refractivity contribution in [2.45, 2.75) is 18.9 Å². The maximum absolute atomic E-state index is 9.21. The Morgan fingerprint density at radius 3 is 2.58 bits per heavy atom. The van der Waals surface area contributed by atoms with Crippen molar-refractivity contribution in [3.05, 3.63) is 48.4 Å². The van der Waals surface area contributed by atoms with Gasteiger partial charge in [0.05, 0.1) is 18.8 Å². The summed E-state index contributed by atoms with van der Waals surface area (Å²) in [6.07, 6.45) is 5.75. The van der Waals surface area contributed by atoms with Gasteiger partial charge in [0.2, 0.25) is 0 Å². The third-order valence-corrected chi connectivity index (χ3v) is 5.87. The largest absolute Gasteiger partial charge is 0.497 e. The molecule has 1 saturated heterocycles. The molecule has 31 heavy (non-hydrogen) atoms. The number of piperidine rings is 1. The Morgan fingerprint density at radius 2 is 1.81 bits per heavy atom. The molecule has 3 aromatic heterocycles. The van der Waals surface area contributed by atoms with Gasteiger partial charge in [0.25, 0.3) is 0 Å². The van der Waals surface area contributed by atoms with Crippen LogP contribution in [0.25, 0.3) is 33.1 Å². The first kappa shape index (κ1) is 19.3. The van der Waals surface area contributed by atoms with Crippen molar-refractivity contribution < 1.29 is 9.47 Å². The smallest absolute Gasteiger partial charge is 0.141 e. The second kappa shape index (κ2) is 7.89. The van der Waals surface area contributed by atoms with E-state index in [0.29, 0.717) is 5.69 Å². The summed E-state index contributed by atoms with van der Waals surface area (Å²) in [6.45, 7) is 2.09. The molecular formula is C24H23N5O2. The number of benzene rings is 1. The molecule has 7 nitrogen and oxygen atoms in total. The Morgan fingerprint density at radius 1 is 1.00 bits per heavy atom. The number of hydrogen-bond acceptors (Lipinski definition) is 6. The first-order valence-corrected chi connectivity index (χ1v) is 10.3. The topological polar surface area (TPSA) is 87.1 Å². The van der Waals surface area contributed by atoms with E-state index in [1.54, 1.807) is 19.4 Å². The molecule has 4 aromatic rings. The first-order chi connectivity index (χ1) is 15.1. The van der Waals surface area contributed by atoms with Gasteiger partial charge in [0.1, 0.15) is 35.0 Å². The minimum absolute atomic E-state index is 0.210. The van der Waals surface area contributed by atoms with Gasteiger partial charge in [0.15, 0.2) is 0 Å². The molecule has 1 fully saturated rings. The third kappa shape index (κ3) is 3.78. The molecule has 1 N–H and O–H groups in total. The summed E-state index contributed by atoms with van der Waals surface area (Å²) in [5.41, 5.74) is 3.93. The molecule has 0 saturated carbocycles. The maximum Gasteiger partial charge on any atom is 0.141 e. The lowest BCUT2D eigenvalue weighted by atomic mass is 10.0. The zero-order chi connectivity index (χ0) is 21.4. The molecule has 0 atom stereocenters. The van der Waals surface area contributed by atoms with E-state index in [0.717, 1.165) is 70.5 Å². The molecule has 5 rings (SSSR count). The highest BCUT2D eigenvalue weighted by atomic mass is 16.5. The van der Waals surface area contributed by atoms with E-state index in [9.17, 15) is 5.26 Å². The summed E-state index contributed by atoms with van der Waals surface area (Å²) >= 11 is 0. The number of nitrogens with zero attached hydrogens (tertiary/aromatic N) is 4. The molecule has 0 amide bonds. The number of methoxy groups -OCH3 is 1. The van der Waals surface area contributed by atoms with Gasteiger partial charge in [-0.05, 0) is 49.7 Å². The fraction of sp³-hybridized carbons (Fsp3) is 0.292. The van der Waals surface area contributed by atoms with E-state index in [1.807, 2.05) is 24.4 Å². The molecular weight excluding hydrogens is 390 g/mol. The summed E-state index contributed by atoms with van der Waals surface area (Å²) in [5, 5.41) is 11.1. The van der Waals surface area contributed by atoms with Crippen LogP contribution in [0.1, 0.15) is 18.5 Å². The van der Waals surface area contributed by atoms with Crippen LogP contribution >= 0.6 is 0 Å². The highest BCUT2D eigenvalue weighted by Gasteiger charge is 2.19. The number of hydrogen-bond donors (Lipinski definition) is 1. The standard InChI is InChI=1S/C24H23N5O2/c1-29-5-3-18(4-6-29)31-20-8-15(7-19(11-20)30-2)16-9-22-21-10-17(12-25)26-14-23(21)28-24(22)27-13-16/h7-11,13-14,18H,3-6H2,1-2H3,(H,27,28). The summed E-state index contributed by atoms with van der Waals surface area (Å²) < 4.78 is 11.8. The Bertz CT molecular complexity index is 1300. The molecule has 0 bridgehead atoms. The number of likely N-dealkylation sites (tertiary alicyclic amines) is 1. The molecule has 0 aliphatic carbocycles. The fourth-order valence-corrected chi connectivity index (χ4v) is 4.11. The Kier molecular flexibility index (Phi) is 4.92. The number of nitrogens with one attached hydrogen (secondary N) is 1. The number of pyridine rings is 2. The lowest BCUT2D eigenvalue weighted by molar-refractivity contribution is 0.114. The zero-order valence-electron chi connectivity index (χ0n) is 17.6. The second-order valence-electron chi connectivity index (χ2n) is 7.99. The molecule has 7 heteroatoms. The summed E-state index contributed by atoms with van der Waals surface area (Å²) in [7, 11) is 3.80. The van der Waals surface area contributed by atoms with Crippen LogP contribution in [-0.4, -0.2) is 53.2 Å². The second-order valence-corrected chi connectivity index (χ2v) is 7.99. The molecule has 1 aliphatic heterocycles. The number of nitriles is 1. The van der Waals surface area contributed by atoms with Crippen molar-refractivity contribution in [1.82, 2.24) is 19.9 Å². The van der Waals surface area contributed by atoms with Crippen LogP contribution in [-0.2, 0) is 0 Å². The quantitative estimate of drug-likeness (QED) is 0.541. The van der Waals surface area contributed by atoms with Crippen LogP contribution in [0.4, 0.5) is 0 Å². The van der Waals surface area contributed by atoms with Gasteiger partial charge in [-0.1, -0.05) is 0 Å². The predicted molar refractivity (Wildman–Crippen MR) is 119 cm³/mol. The van der Waals surface area contributed by atoms with E-state index < -0.39 is 0 Å². The van der Waals surface area contributed by atoms with Crippen LogP contribution in [0.2, 0.25) is 0 Å². The fourth-order valence-electron chi connectivity index (χ4n) is 4.11. The van der Waals surface area contributed by atoms with E-state index in [-0.39, 0.29) is 6.10 Å². The highest BCUT2D eigenvalue weighted by molar-refractivity contribution is 6.07. The lowest BCUT2D eigenvalue weighted by Crippen LogP contribution is -2.35. The van der Waals surface area contributed by atoms with E-state index >= 15 is 0 Å². The molecule has 1 aromatic carbocycles. The molecule has 0 unspecified atom stereocenters. The average molecular weight is 413 g/mol. The minimum Gasteiger partial charge on any atom is -0.497 e. The van der Waals surface area contributed by atoms with Crippen molar-refractivity contribution in [3.63, 3.8) is 0 Å². The minimum atomic E-state index is 0.210. The summed E-state index contributed by atoms with van der Waals surface area (Å²) in [4.78, 5) is 14.3. The van der Waals surface area contributed by atoms with Crippen molar-refractivity contribution in [2.24, 2.45) is 0 Å². The van der Waals surface area contributed by atoms with Crippen molar-refractivity contribution in [2.75, 3.05) is 27.2 Å². The van der Waals surface area contributed by atoms with E-state index in [2.05, 4.69) is 39.0 Å². The maximum atomic E-state index is 9.21. The molecule has 4 heterocycles. The van der Waals surface area contributed by atoms with Crippen LogP contribution in [0.15, 0.2) is 42.7 Å². The van der Waals surface area contributed by atoms with Crippen LogP contribution in [0, 0.1) is 11.3 Å². The Labute approximate surface area is 180 Å². The SMILES string of the molecule is COc1cc(OC2CCN(C)CC2)cc(-c2cnc3[nH]c4cnc(C#N)cc4c3c2)c1. The van der Waals surface area contributed by atoms with Gasteiger partial charge in [0, 0.05) is 41.7 Å². The normalized spacial score (nSPS) is 15.3. The number of aromatic nitrogens is 3. The Balaban J connectivity index is 1.54. The monoisotopic (exact) mass is 413 g/mol. The first-order valence-electron chi connectivity index (χ1n) is 10.3. The van der Waals surface area contributed by atoms with E-state index in [4.69, 9.17) is 9.47 Å². The predicted octanol–water partition coefficient (Wildman–Crippen LogP) is 4.13. The van der Waals surface area contributed by atoms with Crippen molar-refractivity contribution in [3.8, 4) is 28.7 Å². The van der Waals surface area contributed by atoms with Crippen molar-refractivity contribution >= 4 is 21.9 Å². The highest BCUT2D eigenvalue weighted by Crippen LogP contribution is 2.33. The number of H-pyrrole nitrogens is 1. The Hall–Kier alpha value is -3.63. The molecule has 156 valence electrons. The number of ether oxygens (including phenoxy) is 2. The van der Waals surface area contributed by atoms with Crippen molar-refractivity contribution in [1.29, 1.82) is 5.26 Å². The van der Waals surface area contributed by atoms with Crippen LogP contribution < -0.4 is 9.47 Å². The summed E-state index contributed by atoms with van der Waals surface area (Å²) in [6, 6.07) is 11.9. The van der Waals surface area contributed by atoms with Gasteiger partial charge in [-0.2, -0.15) is 5.26 Å². The zero-order valence-corrected chi connectivity index (χ0v) is 17.6. The molecule has 0 spiro atoms. The van der Waals surface area contributed by atoms with Crippen LogP contribution in [0.5, 0.6) is 11.5 Å². The van der Waals surface area contributed by atoms with Gasteiger partial charge < -0.3 is 19.4 Å². The number of aromatic amines is 1.